The van der Waals surface area contributed by atoms with Crippen LogP contribution in [-0.4, -0.2) is 37.5 Å². The highest BCUT2D eigenvalue weighted by atomic mass is 16.6. The Hall–Kier alpha value is -0.380. The minimum Gasteiger partial charge on any atom is -0.378 e. The van der Waals surface area contributed by atoms with Crippen molar-refractivity contribution < 1.29 is 9.47 Å². The molecule has 2 heterocycles. The number of allylic oxidation sites excluding steroid dienone is 1. The van der Waals surface area contributed by atoms with Gasteiger partial charge in [0.15, 0.2) is 0 Å². The number of nitrogens with one attached hydrogen (secondary N) is 1. The summed E-state index contributed by atoms with van der Waals surface area (Å²) in [6.45, 7) is 2.57. The maximum atomic E-state index is 5.97. The molecule has 2 saturated heterocycles. The van der Waals surface area contributed by atoms with Gasteiger partial charge in [-0.15, -0.1) is 0 Å². The summed E-state index contributed by atoms with van der Waals surface area (Å²) in [5.74, 6) is 0. The van der Waals surface area contributed by atoms with Crippen LogP contribution >= 0.6 is 0 Å². The fourth-order valence-electron chi connectivity index (χ4n) is 3.31. The summed E-state index contributed by atoms with van der Waals surface area (Å²) < 4.78 is 11.5. The predicted octanol–water partition coefficient (Wildman–Crippen LogP) is 2.02. The van der Waals surface area contributed by atoms with Crippen molar-refractivity contribution in [3.63, 3.8) is 0 Å². The average Bonchev–Trinajstić information content (AvgIpc) is 2.79. The number of ether oxygens (including phenoxy) is 2. The molecule has 0 saturated carbocycles. The maximum absolute atomic E-state index is 5.97. The largest absolute Gasteiger partial charge is 0.378 e. The Morgan fingerprint density at radius 1 is 1.12 bits per heavy atom. The van der Waals surface area contributed by atoms with Gasteiger partial charge in [-0.1, -0.05) is 12.2 Å². The van der Waals surface area contributed by atoms with E-state index >= 15 is 0 Å². The van der Waals surface area contributed by atoms with E-state index in [1.165, 1.54) is 19.3 Å². The molecule has 0 aromatic heterocycles. The Balaban J connectivity index is 1.54. The van der Waals surface area contributed by atoms with Crippen molar-refractivity contribution >= 4 is 0 Å². The molecular formula is C14H23NO2. The van der Waals surface area contributed by atoms with Gasteiger partial charge in [0, 0.05) is 31.7 Å². The molecule has 0 radical (unpaired) electrons. The van der Waals surface area contributed by atoms with Crippen LogP contribution in [0.5, 0.6) is 0 Å². The minimum absolute atomic E-state index is 0.0421. The highest BCUT2D eigenvalue weighted by Gasteiger charge is 2.41. The van der Waals surface area contributed by atoms with Gasteiger partial charge < -0.3 is 14.8 Å². The monoisotopic (exact) mass is 237 g/mol. The van der Waals surface area contributed by atoms with Crippen molar-refractivity contribution in [1.82, 2.24) is 5.32 Å². The summed E-state index contributed by atoms with van der Waals surface area (Å²) in [6.07, 6.45) is 11.7. The van der Waals surface area contributed by atoms with Gasteiger partial charge in [0.05, 0.1) is 12.2 Å². The lowest BCUT2D eigenvalue weighted by molar-refractivity contribution is -0.0904. The first-order chi connectivity index (χ1) is 8.36. The molecule has 1 N–H and O–H groups in total. The summed E-state index contributed by atoms with van der Waals surface area (Å²) in [6, 6.07) is 1.31. The van der Waals surface area contributed by atoms with E-state index in [2.05, 4.69) is 17.5 Å². The molecule has 3 nitrogen and oxygen atoms in total. The topological polar surface area (TPSA) is 30.5 Å². The van der Waals surface area contributed by atoms with Gasteiger partial charge in [0.25, 0.3) is 0 Å². The minimum atomic E-state index is 0.0421. The summed E-state index contributed by atoms with van der Waals surface area (Å²) in [5, 5.41) is 3.82. The van der Waals surface area contributed by atoms with Crippen molar-refractivity contribution in [2.24, 2.45) is 0 Å². The number of hydrogen-bond donors (Lipinski definition) is 1. The van der Waals surface area contributed by atoms with E-state index in [1.807, 2.05) is 0 Å². The number of rotatable bonds is 2. The Labute approximate surface area is 104 Å². The van der Waals surface area contributed by atoms with Crippen molar-refractivity contribution in [2.45, 2.75) is 56.2 Å². The lowest BCUT2D eigenvalue weighted by atomic mass is 9.88. The molecule has 3 rings (SSSR count). The fourth-order valence-corrected chi connectivity index (χ4v) is 3.31. The Bertz CT molecular complexity index is 284. The first kappa shape index (κ1) is 11.7. The van der Waals surface area contributed by atoms with Gasteiger partial charge in [0.1, 0.15) is 0 Å². The van der Waals surface area contributed by atoms with E-state index in [4.69, 9.17) is 9.47 Å². The smallest absolute Gasteiger partial charge is 0.0951 e. The zero-order valence-corrected chi connectivity index (χ0v) is 10.5. The van der Waals surface area contributed by atoms with Gasteiger partial charge in [0.2, 0.25) is 0 Å². The van der Waals surface area contributed by atoms with Crippen molar-refractivity contribution in [3.8, 4) is 0 Å². The van der Waals surface area contributed by atoms with Gasteiger partial charge in [-0.3, -0.25) is 0 Å². The number of hydrogen-bond acceptors (Lipinski definition) is 3. The summed E-state index contributed by atoms with van der Waals surface area (Å²) in [4.78, 5) is 0. The third-order valence-electron chi connectivity index (χ3n) is 4.30. The van der Waals surface area contributed by atoms with Crippen LogP contribution in [0.1, 0.15) is 38.5 Å². The van der Waals surface area contributed by atoms with Gasteiger partial charge in [-0.05, 0) is 32.1 Å². The lowest BCUT2D eigenvalue weighted by Crippen LogP contribution is -2.50. The normalized spacial score (nSPS) is 42.1. The molecule has 3 heteroatoms. The molecule has 0 aromatic carbocycles. The van der Waals surface area contributed by atoms with Crippen LogP contribution in [0, 0.1) is 0 Å². The van der Waals surface area contributed by atoms with Crippen LogP contribution in [0.15, 0.2) is 12.2 Å². The first-order valence-corrected chi connectivity index (χ1v) is 6.99. The zero-order chi connectivity index (χ0) is 11.6. The van der Waals surface area contributed by atoms with E-state index in [0.29, 0.717) is 12.1 Å². The van der Waals surface area contributed by atoms with E-state index in [9.17, 15) is 0 Å². The standard InChI is InChI=1S/C14H23NO2/c1-2-4-12(5-3-1)15-13-6-8-17-14(10-13)7-9-16-11-14/h1-2,12-13,15H,3-11H2. The molecule has 3 aliphatic rings. The van der Waals surface area contributed by atoms with Crippen molar-refractivity contribution in [1.29, 1.82) is 0 Å². The third-order valence-corrected chi connectivity index (χ3v) is 4.30. The SMILES string of the molecule is C1=CCC(NC2CCOC3(CCOC3)C2)CC1. The van der Waals surface area contributed by atoms with Gasteiger partial charge >= 0.3 is 0 Å². The maximum Gasteiger partial charge on any atom is 0.0951 e. The Morgan fingerprint density at radius 3 is 2.88 bits per heavy atom. The fraction of sp³-hybridized carbons (Fsp3) is 0.857. The second-order valence-corrected chi connectivity index (χ2v) is 5.67. The van der Waals surface area contributed by atoms with Crippen LogP contribution in [0.2, 0.25) is 0 Å². The van der Waals surface area contributed by atoms with E-state index in [-0.39, 0.29) is 5.60 Å². The first-order valence-electron chi connectivity index (χ1n) is 6.99. The lowest BCUT2D eigenvalue weighted by Gasteiger charge is -2.39. The van der Waals surface area contributed by atoms with Crippen LogP contribution < -0.4 is 5.32 Å². The molecule has 17 heavy (non-hydrogen) atoms. The molecule has 0 aromatic rings. The molecule has 1 spiro atoms. The summed E-state index contributed by atoms with van der Waals surface area (Å²) in [5.41, 5.74) is 0.0421. The molecular weight excluding hydrogens is 214 g/mol. The second-order valence-electron chi connectivity index (χ2n) is 5.67. The average molecular weight is 237 g/mol. The summed E-state index contributed by atoms with van der Waals surface area (Å²) >= 11 is 0. The highest BCUT2D eigenvalue weighted by molar-refractivity contribution is 4.97. The third kappa shape index (κ3) is 2.72. The quantitative estimate of drug-likeness (QED) is 0.745. The van der Waals surface area contributed by atoms with Crippen LogP contribution in [0.4, 0.5) is 0 Å². The Kier molecular flexibility index (Phi) is 3.50. The van der Waals surface area contributed by atoms with E-state index in [1.54, 1.807) is 0 Å². The molecule has 0 bridgehead atoms. The predicted molar refractivity (Wildman–Crippen MR) is 67.1 cm³/mol. The zero-order valence-electron chi connectivity index (χ0n) is 10.5. The van der Waals surface area contributed by atoms with Gasteiger partial charge in [-0.25, -0.2) is 0 Å². The van der Waals surface area contributed by atoms with Crippen molar-refractivity contribution in [3.05, 3.63) is 12.2 Å². The summed E-state index contributed by atoms with van der Waals surface area (Å²) in [7, 11) is 0. The molecule has 96 valence electrons. The van der Waals surface area contributed by atoms with Crippen LogP contribution in [-0.2, 0) is 9.47 Å². The molecule has 3 unspecified atom stereocenters. The van der Waals surface area contributed by atoms with Gasteiger partial charge in [-0.2, -0.15) is 0 Å². The highest BCUT2D eigenvalue weighted by Crippen LogP contribution is 2.33. The van der Waals surface area contributed by atoms with Crippen LogP contribution in [0.3, 0.4) is 0 Å². The molecule has 2 fully saturated rings. The molecule has 2 aliphatic heterocycles. The molecule has 0 amide bonds. The molecule has 3 atom stereocenters. The van der Waals surface area contributed by atoms with E-state index in [0.717, 1.165) is 39.1 Å². The van der Waals surface area contributed by atoms with E-state index < -0.39 is 0 Å². The van der Waals surface area contributed by atoms with Crippen LogP contribution in [0.25, 0.3) is 0 Å². The second kappa shape index (κ2) is 5.09. The Morgan fingerprint density at radius 2 is 2.12 bits per heavy atom. The molecule has 1 aliphatic carbocycles. The van der Waals surface area contributed by atoms with Crippen molar-refractivity contribution in [2.75, 3.05) is 19.8 Å².